The zero-order chi connectivity index (χ0) is 21.1. The summed E-state index contributed by atoms with van der Waals surface area (Å²) in [5, 5.41) is 8.33. The van der Waals surface area contributed by atoms with E-state index in [4.69, 9.17) is 0 Å². The predicted octanol–water partition coefficient (Wildman–Crippen LogP) is 3.67. The maximum absolute atomic E-state index is 13.1. The van der Waals surface area contributed by atoms with Gasteiger partial charge < -0.3 is 5.32 Å². The van der Waals surface area contributed by atoms with Crippen LogP contribution in [0, 0.1) is 0 Å². The van der Waals surface area contributed by atoms with E-state index >= 15 is 0 Å². The van der Waals surface area contributed by atoms with Crippen molar-refractivity contribution in [3.05, 3.63) is 112 Å². The molecule has 0 unspecified atom stereocenters. The molecule has 150 valence electrons. The monoisotopic (exact) mass is 397 g/mol. The van der Waals surface area contributed by atoms with E-state index in [-0.39, 0.29) is 17.2 Å². The lowest BCUT2D eigenvalue weighted by atomic mass is 9.76. The van der Waals surface area contributed by atoms with Crippen molar-refractivity contribution >= 4 is 16.7 Å². The van der Waals surface area contributed by atoms with Crippen molar-refractivity contribution in [2.45, 2.75) is 12.3 Å². The van der Waals surface area contributed by atoms with Gasteiger partial charge in [-0.05, 0) is 24.1 Å². The van der Waals surface area contributed by atoms with Gasteiger partial charge in [-0.1, -0.05) is 78.9 Å². The topological polar surface area (TPSA) is 64.0 Å². The Bertz CT molecular complexity index is 1210. The van der Waals surface area contributed by atoms with Gasteiger partial charge in [-0.15, -0.1) is 0 Å². The highest BCUT2D eigenvalue weighted by molar-refractivity contribution is 6.04. The Kier molecular flexibility index (Phi) is 5.19. The van der Waals surface area contributed by atoms with Gasteiger partial charge in [-0.2, -0.15) is 5.10 Å². The highest BCUT2D eigenvalue weighted by atomic mass is 16.2. The normalized spacial score (nSPS) is 11.4. The van der Waals surface area contributed by atoms with Gasteiger partial charge in [0.15, 0.2) is 5.69 Å². The second kappa shape index (κ2) is 7.95. The summed E-state index contributed by atoms with van der Waals surface area (Å²) in [4.78, 5) is 25.5. The second-order valence-corrected chi connectivity index (χ2v) is 7.57. The van der Waals surface area contributed by atoms with Crippen molar-refractivity contribution in [1.29, 1.82) is 0 Å². The van der Waals surface area contributed by atoms with Crippen molar-refractivity contribution in [2.75, 3.05) is 6.54 Å². The van der Waals surface area contributed by atoms with Gasteiger partial charge in [-0.3, -0.25) is 9.59 Å². The van der Waals surface area contributed by atoms with E-state index in [1.54, 1.807) is 31.3 Å². The predicted molar refractivity (Wildman–Crippen MR) is 119 cm³/mol. The average molecular weight is 397 g/mol. The molecule has 1 N–H and O–H groups in total. The Labute approximate surface area is 175 Å². The van der Waals surface area contributed by atoms with Gasteiger partial charge in [0.1, 0.15) is 0 Å². The van der Waals surface area contributed by atoms with Crippen LogP contribution in [0.15, 0.2) is 89.7 Å². The fraction of sp³-hybridized carbons (Fsp3) is 0.160. The van der Waals surface area contributed by atoms with Crippen LogP contribution < -0.4 is 10.9 Å². The van der Waals surface area contributed by atoms with Gasteiger partial charge in [0.2, 0.25) is 0 Å². The highest BCUT2D eigenvalue weighted by Gasteiger charge is 2.30. The molecule has 0 saturated carbocycles. The largest absolute Gasteiger partial charge is 0.349 e. The zero-order valence-corrected chi connectivity index (χ0v) is 17.0. The molecule has 0 aliphatic carbocycles. The molecule has 1 aromatic heterocycles. The Hall–Kier alpha value is -3.73. The number of carbonyl (C=O) groups is 1. The number of nitrogens with zero attached hydrogens (tertiary/aromatic N) is 2. The summed E-state index contributed by atoms with van der Waals surface area (Å²) in [5.41, 5.74) is 1.82. The first-order valence-electron chi connectivity index (χ1n) is 9.86. The number of benzene rings is 3. The van der Waals surface area contributed by atoms with Crippen LogP contribution >= 0.6 is 0 Å². The number of nitrogens with one attached hydrogen (secondary N) is 1. The van der Waals surface area contributed by atoms with Gasteiger partial charge in [0, 0.05) is 24.4 Å². The molecule has 0 spiro atoms. The van der Waals surface area contributed by atoms with E-state index in [0.717, 1.165) is 11.1 Å². The molecule has 0 saturated heterocycles. The van der Waals surface area contributed by atoms with E-state index in [0.29, 0.717) is 17.3 Å². The summed E-state index contributed by atoms with van der Waals surface area (Å²) in [6, 6.07) is 27.3. The smallest absolute Gasteiger partial charge is 0.274 e. The van der Waals surface area contributed by atoms with Gasteiger partial charge >= 0.3 is 0 Å². The lowest BCUT2D eigenvalue weighted by Crippen LogP contribution is -2.40. The molecule has 4 aromatic rings. The van der Waals surface area contributed by atoms with Crippen LogP contribution in [0.2, 0.25) is 0 Å². The Morgan fingerprint density at radius 1 is 0.867 bits per heavy atom. The first-order chi connectivity index (χ1) is 14.5. The third-order valence-corrected chi connectivity index (χ3v) is 5.60. The van der Waals surface area contributed by atoms with Crippen molar-refractivity contribution < 1.29 is 4.79 Å². The number of hydrogen-bond acceptors (Lipinski definition) is 3. The van der Waals surface area contributed by atoms with Crippen LogP contribution in [-0.2, 0) is 12.5 Å². The Morgan fingerprint density at radius 3 is 1.93 bits per heavy atom. The number of rotatable bonds is 5. The summed E-state index contributed by atoms with van der Waals surface area (Å²) in [5.74, 6) is -0.306. The van der Waals surface area contributed by atoms with E-state index in [1.807, 2.05) is 36.4 Å². The average Bonchev–Trinajstić information content (AvgIpc) is 2.81. The fourth-order valence-corrected chi connectivity index (χ4v) is 3.79. The molecule has 1 amide bonds. The van der Waals surface area contributed by atoms with Gasteiger partial charge in [0.05, 0.1) is 5.39 Å². The number of carbonyl (C=O) groups excluding carboxylic acids is 1. The van der Waals surface area contributed by atoms with Crippen molar-refractivity contribution in [3.8, 4) is 0 Å². The van der Waals surface area contributed by atoms with Crippen LogP contribution in [0.5, 0.6) is 0 Å². The molecular weight excluding hydrogens is 374 g/mol. The molecule has 5 heteroatoms. The maximum Gasteiger partial charge on any atom is 0.274 e. The lowest BCUT2D eigenvalue weighted by Gasteiger charge is -2.31. The molecule has 0 aliphatic heterocycles. The van der Waals surface area contributed by atoms with Gasteiger partial charge in [0.25, 0.3) is 11.5 Å². The van der Waals surface area contributed by atoms with Gasteiger partial charge in [-0.25, -0.2) is 4.68 Å². The fourth-order valence-electron chi connectivity index (χ4n) is 3.79. The first kappa shape index (κ1) is 19.6. The van der Waals surface area contributed by atoms with Crippen molar-refractivity contribution in [2.24, 2.45) is 7.05 Å². The van der Waals surface area contributed by atoms with Crippen LogP contribution in [-0.4, -0.2) is 22.2 Å². The first-order valence-corrected chi connectivity index (χ1v) is 9.86. The SMILES string of the molecule is Cn1nc(C(=O)NCC(C)(c2ccccc2)c2ccccc2)c2ccccc2c1=O. The van der Waals surface area contributed by atoms with E-state index in [1.165, 1.54) is 4.68 Å². The maximum atomic E-state index is 13.1. The second-order valence-electron chi connectivity index (χ2n) is 7.57. The molecular formula is C25H23N3O2. The molecule has 30 heavy (non-hydrogen) atoms. The zero-order valence-electron chi connectivity index (χ0n) is 17.0. The van der Waals surface area contributed by atoms with E-state index in [2.05, 4.69) is 41.6 Å². The summed E-state index contributed by atoms with van der Waals surface area (Å²) in [7, 11) is 1.56. The van der Waals surface area contributed by atoms with Crippen LogP contribution in [0.1, 0.15) is 28.5 Å². The van der Waals surface area contributed by atoms with E-state index in [9.17, 15) is 9.59 Å². The number of hydrogen-bond donors (Lipinski definition) is 1. The molecule has 0 aliphatic rings. The molecule has 5 nitrogen and oxygen atoms in total. The minimum Gasteiger partial charge on any atom is -0.349 e. The highest BCUT2D eigenvalue weighted by Crippen LogP contribution is 2.31. The lowest BCUT2D eigenvalue weighted by molar-refractivity contribution is 0.0942. The molecule has 0 atom stereocenters. The van der Waals surface area contributed by atoms with Crippen LogP contribution in [0.4, 0.5) is 0 Å². The number of amides is 1. The standard InChI is InChI=1S/C25H23N3O2/c1-25(18-11-5-3-6-12-18,19-13-7-4-8-14-19)17-26-23(29)22-20-15-9-10-16-21(20)24(30)28(2)27-22/h3-16H,17H2,1-2H3,(H,26,29). The number of aromatic nitrogens is 2. The minimum atomic E-state index is -0.422. The summed E-state index contributed by atoms with van der Waals surface area (Å²) in [6.07, 6.45) is 0. The molecule has 3 aromatic carbocycles. The minimum absolute atomic E-state index is 0.222. The van der Waals surface area contributed by atoms with Crippen LogP contribution in [0.3, 0.4) is 0 Å². The number of fused-ring (bicyclic) bond motifs is 1. The third kappa shape index (κ3) is 3.50. The number of aryl methyl sites for hydroxylation is 1. The molecule has 0 radical (unpaired) electrons. The molecule has 0 bridgehead atoms. The van der Waals surface area contributed by atoms with Crippen molar-refractivity contribution in [1.82, 2.24) is 15.1 Å². The summed E-state index contributed by atoms with van der Waals surface area (Å²) < 4.78 is 1.21. The summed E-state index contributed by atoms with van der Waals surface area (Å²) >= 11 is 0. The van der Waals surface area contributed by atoms with Crippen LogP contribution in [0.25, 0.3) is 10.8 Å². The summed E-state index contributed by atoms with van der Waals surface area (Å²) in [6.45, 7) is 2.50. The van der Waals surface area contributed by atoms with Crippen molar-refractivity contribution in [3.63, 3.8) is 0 Å². The molecule has 0 fully saturated rings. The molecule has 4 rings (SSSR count). The Balaban J connectivity index is 1.71. The molecule has 1 heterocycles. The quantitative estimate of drug-likeness (QED) is 0.559. The third-order valence-electron chi connectivity index (χ3n) is 5.60. The van der Waals surface area contributed by atoms with E-state index < -0.39 is 5.41 Å². The Morgan fingerprint density at radius 2 is 1.37 bits per heavy atom.